The van der Waals surface area contributed by atoms with Crippen LogP contribution in [0.15, 0.2) is 24.3 Å². The molecule has 4 nitrogen and oxygen atoms in total. The lowest BCUT2D eigenvalue weighted by molar-refractivity contribution is -0.122. The van der Waals surface area contributed by atoms with E-state index in [1.165, 1.54) is 0 Å². The topological polar surface area (TPSA) is 50.4 Å². The van der Waals surface area contributed by atoms with Gasteiger partial charge in [-0.25, -0.2) is 0 Å². The number of hydrogen-bond donors (Lipinski definition) is 2. The molecule has 1 atom stereocenters. The van der Waals surface area contributed by atoms with E-state index in [4.69, 9.17) is 4.74 Å². The van der Waals surface area contributed by atoms with Gasteiger partial charge in [0, 0.05) is 25.7 Å². The molecule has 21 heavy (non-hydrogen) atoms. The van der Waals surface area contributed by atoms with Gasteiger partial charge in [0.05, 0.1) is 11.4 Å². The van der Waals surface area contributed by atoms with Gasteiger partial charge >= 0.3 is 0 Å². The van der Waals surface area contributed by atoms with E-state index in [1.807, 2.05) is 31.2 Å². The molecule has 1 fully saturated rings. The summed E-state index contributed by atoms with van der Waals surface area (Å²) in [5, 5.41) is 6.43. The van der Waals surface area contributed by atoms with Gasteiger partial charge in [-0.15, -0.1) is 0 Å². The maximum Gasteiger partial charge on any atom is 0.227 e. The molecular weight excluding hydrogens is 264 g/mol. The maximum absolute atomic E-state index is 12.5. The molecular formula is C17H26N2O2. The maximum atomic E-state index is 12.5. The molecule has 1 amide bonds. The fourth-order valence-corrected chi connectivity index (χ4v) is 2.68. The average molecular weight is 290 g/mol. The van der Waals surface area contributed by atoms with Crippen LogP contribution in [0.25, 0.3) is 0 Å². The molecule has 1 aliphatic rings. The van der Waals surface area contributed by atoms with E-state index in [0.29, 0.717) is 5.92 Å². The first-order chi connectivity index (χ1) is 10.2. The Kier molecular flexibility index (Phi) is 6.05. The zero-order valence-corrected chi connectivity index (χ0v) is 13.0. The van der Waals surface area contributed by atoms with E-state index in [9.17, 15) is 4.79 Å². The van der Waals surface area contributed by atoms with Gasteiger partial charge in [0.25, 0.3) is 0 Å². The van der Waals surface area contributed by atoms with Gasteiger partial charge in [-0.1, -0.05) is 26.0 Å². The van der Waals surface area contributed by atoms with Gasteiger partial charge in [-0.2, -0.15) is 0 Å². The number of rotatable bonds is 6. The molecule has 116 valence electrons. The summed E-state index contributed by atoms with van der Waals surface area (Å²) in [6.07, 6.45) is 3.01. The summed E-state index contributed by atoms with van der Waals surface area (Å²) in [7, 11) is 0. The molecule has 2 rings (SSSR count). The Morgan fingerprint density at radius 2 is 1.95 bits per heavy atom. The van der Waals surface area contributed by atoms with Crippen molar-refractivity contribution in [1.29, 1.82) is 0 Å². The second-order valence-corrected chi connectivity index (χ2v) is 5.70. The monoisotopic (exact) mass is 290 g/mol. The Bertz CT molecular complexity index is 456. The van der Waals surface area contributed by atoms with Crippen LogP contribution >= 0.6 is 0 Å². The minimum absolute atomic E-state index is 0.0214. The van der Waals surface area contributed by atoms with E-state index in [1.54, 1.807) is 0 Å². The van der Waals surface area contributed by atoms with Crippen LogP contribution in [0, 0.1) is 11.8 Å². The van der Waals surface area contributed by atoms with Crippen LogP contribution in [0.1, 0.15) is 33.1 Å². The number of benzene rings is 1. The number of anilines is 2. The molecule has 2 N–H and O–H groups in total. The van der Waals surface area contributed by atoms with Crippen molar-refractivity contribution in [2.45, 2.75) is 33.1 Å². The number of hydrogen-bond acceptors (Lipinski definition) is 3. The van der Waals surface area contributed by atoms with Crippen LogP contribution in [0.3, 0.4) is 0 Å². The van der Waals surface area contributed by atoms with Gasteiger partial charge in [-0.3, -0.25) is 4.79 Å². The number of amides is 1. The van der Waals surface area contributed by atoms with Crippen LogP contribution in [-0.4, -0.2) is 25.7 Å². The fraction of sp³-hybridized carbons (Fsp3) is 0.588. The molecule has 0 radical (unpaired) electrons. The van der Waals surface area contributed by atoms with Gasteiger partial charge < -0.3 is 15.4 Å². The van der Waals surface area contributed by atoms with Gasteiger partial charge in [-0.05, 0) is 37.3 Å². The Labute approximate surface area is 127 Å². The molecule has 4 heteroatoms. The molecule has 1 heterocycles. The van der Waals surface area contributed by atoms with E-state index >= 15 is 0 Å². The summed E-state index contributed by atoms with van der Waals surface area (Å²) in [6.45, 7) is 6.60. The zero-order chi connectivity index (χ0) is 15.1. The number of carbonyl (C=O) groups excluding carboxylic acids is 1. The number of carbonyl (C=O) groups is 1. The minimum atomic E-state index is 0.0214. The van der Waals surface area contributed by atoms with E-state index in [2.05, 4.69) is 17.6 Å². The Hall–Kier alpha value is -1.55. The Morgan fingerprint density at radius 3 is 2.62 bits per heavy atom. The minimum Gasteiger partial charge on any atom is -0.383 e. The van der Waals surface area contributed by atoms with Crippen molar-refractivity contribution in [3.05, 3.63) is 24.3 Å². The highest BCUT2D eigenvalue weighted by atomic mass is 16.5. The summed E-state index contributed by atoms with van der Waals surface area (Å²) in [4.78, 5) is 12.5. The molecule has 0 aromatic heterocycles. The number of ether oxygens (including phenoxy) is 1. The fourth-order valence-electron chi connectivity index (χ4n) is 2.68. The Morgan fingerprint density at radius 1 is 1.29 bits per heavy atom. The van der Waals surface area contributed by atoms with Crippen LogP contribution in [0.5, 0.6) is 0 Å². The molecule has 1 saturated heterocycles. The molecule has 0 bridgehead atoms. The lowest BCUT2D eigenvalue weighted by Crippen LogP contribution is -2.31. The van der Waals surface area contributed by atoms with E-state index in [0.717, 1.165) is 50.4 Å². The second kappa shape index (κ2) is 8.03. The summed E-state index contributed by atoms with van der Waals surface area (Å²) >= 11 is 0. The zero-order valence-electron chi connectivity index (χ0n) is 13.0. The van der Waals surface area contributed by atoms with E-state index < -0.39 is 0 Å². The molecule has 1 aliphatic heterocycles. The van der Waals surface area contributed by atoms with Crippen molar-refractivity contribution in [2.75, 3.05) is 30.4 Å². The smallest absolute Gasteiger partial charge is 0.227 e. The van der Waals surface area contributed by atoms with Crippen molar-refractivity contribution in [2.24, 2.45) is 11.8 Å². The third-order valence-electron chi connectivity index (χ3n) is 4.14. The predicted molar refractivity (Wildman–Crippen MR) is 86.6 cm³/mol. The molecule has 0 saturated carbocycles. The lowest BCUT2D eigenvalue weighted by Gasteiger charge is -2.27. The van der Waals surface area contributed by atoms with E-state index in [-0.39, 0.29) is 11.8 Å². The van der Waals surface area contributed by atoms with Gasteiger partial charge in [0.15, 0.2) is 0 Å². The molecule has 1 aromatic rings. The third kappa shape index (κ3) is 4.46. The summed E-state index contributed by atoms with van der Waals surface area (Å²) < 4.78 is 5.37. The first-order valence-corrected chi connectivity index (χ1v) is 7.94. The molecule has 0 spiro atoms. The predicted octanol–water partition coefficient (Wildman–Crippen LogP) is 3.51. The Balaban J connectivity index is 1.98. The van der Waals surface area contributed by atoms with Gasteiger partial charge in [0.2, 0.25) is 5.91 Å². The lowest BCUT2D eigenvalue weighted by atomic mass is 9.86. The van der Waals surface area contributed by atoms with Crippen molar-refractivity contribution in [3.63, 3.8) is 0 Å². The van der Waals surface area contributed by atoms with Crippen LogP contribution in [0.2, 0.25) is 0 Å². The summed E-state index contributed by atoms with van der Waals surface area (Å²) in [6, 6.07) is 7.89. The van der Waals surface area contributed by atoms with Gasteiger partial charge in [0.1, 0.15) is 0 Å². The SMILES string of the molecule is CCCNc1ccccc1NC(=O)[C@H](C)C1CCOCC1. The van der Waals surface area contributed by atoms with Crippen molar-refractivity contribution in [3.8, 4) is 0 Å². The second-order valence-electron chi connectivity index (χ2n) is 5.70. The van der Waals surface area contributed by atoms with Crippen molar-refractivity contribution >= 4 is 17.3 Å². The summed E-state index contributed by atoms with van der Waals surface area (Å²) in [5.74, 6) is 0.551. The summed E-state index contributed by atoms with van der Waals surface area (Å²) in [5.41, 5.74) is 1.86. The van der Waals surface area contributed by atoms with Crippen LogP contribution in [0.4, 0.5) is 11.4 Å². The van der Waals surface area contributed by atoms with Crippen molar-refractivity contribution < 1.29 is 9.53 Å². The standard InChI is InChI=1S/C17H26N2O2/c1-3-10-18-15-6-4-5-7-16(15)19-17(20)13(2)14-8-11-21-12-9-14/h4-7,13-14,18H,3,8-12H2,1-2H3,(H,19,20)/t13-/m1/s1. The molecule has 1 aromatic carbocycles. The first-order valence-electron chi connectivity index (χ1n) is 7.94. The normalized spacial score (nSPS) is 17.2. The molecule has 0 unspecified atom stereocenters. The highest BCUT2D eigenvalue weighted by molar-refractivity contribution is 5.95. The highest BCUT2D eigenvalue weighted by Crippen LogP contribution is 2.27. The average Bonchev–Trinajstić information content (AvgIpc) is 2.54. The number of para-hydroxylation sites is 2. The van der Waals surface area contributed by atoms with Crippen molar-refractivity contribution in [1.82, 2.24) is 0 Å². The third-order valence-corrected chi connectivity index (χ3v) is 4.14. The largest absolute Gasteiger partial charge is 0.383 e. The van der Waals surface area contributed by atoms with Crippen LogP contribution in [-0.2, 0) is 9.53 Å². The highest BCUT2D eigenvalue weighted by Gasteiger charge is 2.26. The molecule has 0 aliphatic carbocycles. The van der Waals surface area contributed by atoms with Crippen LogP contribution < -0.4 is 10.6 Å². The number of nitrogens with one attached hydrogen (secondary N) is 2. The first kappa shape index (κ1) is 15.8. The quantitative estimate of drug-likeness (QED) is 0.843.